The Morgan fingerprint density at radius 2 is 1.96 bits per heavy atom. The number of aromatic nitrogens is 1. The van der Waals surface area contributed by atoms with E-state index in [1.807, 2.05) is 30.3 Å². The highest BCUT2D eigenvalue weighted by Gasteiger charge is 2.19. The van der Waals surface area contributed by atoms with Crippen LogP contribution in [0.4, 0.5) is 0 Å². The number of rotatable bonds is 7. The number of methoxy groups -OCH3 is 1. The number of ether oxygens (including phenoxy) is 1. The van der Waals surface area contributed by atoms with Gasteiger partial charge in [0.1, 0.15) is 5.01 Å². The van der Waals surface area contributed by atoms with Gasteiger partial charge in [0.15, 0.2) is 5.69 Å². The summed E-state index contributed by atoms with van der Waals surface area (Å²) < 4.78 is 4.67. The fourth-order valence-electron chi connectivity index (χ4n) is 2.17. The van der Waals surface area contributed by atoms with Crippen molar-refractivity contribution in [3.8, 4) is 0 Å². The number of benzene rings is 1. The van der Waals surface area contributed by atoms with Crippen LogP contribution >= 0.6 is 11.3 Å². The van der Waals surface area contributed by atoms with Gasteiger partial charge in [-0.2, -0.15) is 0 Å². The van der Waals surface area contributed by atoms with Gasteiger partial charge in [0.25, 0.3) is 5.91 Å². The van der Waals surface area contributed by atoms with Crippen LogP contribution in [-0.4, -0.2) is 35.4 Å². The molecule has 0 radical (unpaired) electrons. The molecule has 0 aliphatic rings. The van der Waals surface area contributed by atoms with Crippen molar-refractivity contribution < 1.29 is 14.3 Å². The van der Waals surface area contributed by atoms with E-state index in [4.69, 9.17) is 0 Å². The Labute approximate surface area is 146 Å². The van der Waals surface area contributed by atoms with Gasteiger partial charge in [0.05, 0.1) is 13.7 Å². The second-order valence-electron chi connectivity index (χ2n) is 5.89. The van der Waals surface area contributed by atoms with Crippen LogP contribution in [0.2, 0.25) is 0 Å². The van der Waals surface area contributed by atoms with Gasteiger partial charge in [-0.25, -0.2) is 9.78 Å². The summed E-state index contributed by atoms with van der Waals surface area (Å²) >= 11 is 1.36. The molecule has 0 fully saturated rings. The van der Waals surface area contributed by atoms with E-state index >= 15 is 0 Å². The third-order valence-corrected chi connectivity index (χ3v) is 4.39. The second kappa shape index (κ2) is 8.59. The van der Waals surface area contributed by atoms with Gasteiger partial charge >= 0.3 is 5.97 Å². The van der Waals surface area contributed by atoms with Crippen LogP contribution < -0.4 is 0 Å². The Balaban J connectivity index is 2.15. The Morgan fingerprint density at radius 3 is 2.58 bits per heavy atom. The fourth-order valence-corrected chi connectivity index (χ4v) is 2.95. The zero-order valence-corrected chi connectivity index (χ0v) is 15.0. The van der Waals surface area contributed by atoms with Gasteiger partial charge in [0, 0.05) is 17.5 Å². The molecule has 0 unspecified atom stereocenters. The van der Waals surface area contributed by atoms with E-state index in [9.17, 15) is 9.59 Å². The molecule has 2 rings (SSSR count). The molecule has 0 atom stereocenters. The van der Waals surface area contributed by atoms with E-state index in [1.54, 1.807) is 10.3 Å². The maximum absolute atomic E-state index is 12.8. The normalized spacial score (nSPS) is 10.7. The first kappa shape index (κ1) is 18.1. The lowest BCUT2D eigenvalue weighted by molar-refractivity contribution is 0.0594. The molecule has 0 saturated heterocycles. The van der Waals surface area contributed by atoms with Gasteiger partial charge in [-0.15, -0.1) is 11.3 Å². The van der Waals surface area contributed by atoms with Crippen molar-refractivity contribution in [1.82, 2.24) is 9.88 Å². The maximum Gasteiger partial charge on any atom is 0.357 e. The molecule has 24 heavy (non-hydrogen) atoms. The highest BCUT2D eigenvalue weighted by atomic mass is 32.1. The number of thiazole rings is 1. The monoisotopic (exact) mass is 346 g/mol. The average Bonchev–Trinajstić information content (AvgIpc) is 3.06. The second-order valence-corrected chi connectivity index (χ2v) is 6.84. The van der Waals surface area contributed by atoms with E-state index in [0.29, 0.717) is 24.6 Å². The zero-order valence-electron chi connectivity index (χ0n) is 14.2. The molecule has 1 aromatic heterocycles. The summed E-state index contributed by atoms with van der Waals surface area (Å²) in [5.74, 6) is 0.0182. The van der Waals surface area contributed by atoms with Gasteiger partial charge in [-0.3, -0.25) is 4.79 Å². The van der Waals surface area contributed by atoms with E-state index in [-0.39, 0.29) is 11.6 Å². The predicted octanol–water partition coefficient (Wildman–Crippen LogP) is 3.62. The molecule has 6 heteroatoms. The summed E-state index contributed by atoms with van der Waals surface area (Å²) in [6.07, 6.45) is 0.911. The topological polar surface area (TPSA) is 59.5 Å². The summed E-state index contributed by atoms with van der Waals surface area (Å²) in [6, 6.07) is 9.22. The molecule has 2 aromatic rings. The first-order valence-corrected chi connectivity index (χ1v) is 8.76. The van der Waals surface area contributed by atoms with Gasteiger partial charge in [0.2, 0.25) is 0 Å². The van der Waals surface area contributed by atoms with Crippen molar-refractivity contribution in [2.75, 3.05) is 13.7 Å². The number of nitrogens with zero attached hydrogens (tertiary/aromatic N) is 2. The molecule has 0 spiro atoms. The fraction of sp³-hybridized carbons (Fsp3) is 0.389. The molecular weight excluding hydrogens is 324 g/mol. The molecule has 0 bridgehead atoms. The minimum absolute atomic E-state index is 0.0222. The number of carbonyl (C=O) groups excluding carboxylic acids is 2. The summed E-state index contributed by atoms with van der Waals surface area (Å²) in [4.78, 5) is 30.4. The van der Waals surface area contributed by atoms with Crippen LogP contribution in [0.15, 0.2) is 35.7 Å². The smallest absolute Gasteiger partial charge is 0.357 e. The third-order valence-electron chi connectivity index (χ3n) is 3.56. The lowest BCUT2D eigenvalue weighted by atomic mass is 10.1. The van der Waals surface area contributed by atoms with Crippen LogP contribution in [0.5, 0.6) is 0 Å². The average molecular weight is 346 g/mol. The SMILES string of the molecule is COC(=O)c1csc(CN(CCC(C)C)C(=O)c2ccccc2)n1. The van der Waals surface area contributed by atoms with Crippen molar-refractivity contribution in [3.63, 3.8) is 0 Å². The van der Waals surface area contributed by atoms with Crippen molar-refractivity contribution in [2.45, 2.75) is 26.8 Å². The molecule has 1 aromatic carbocycles. The predicted molar refractivity (Wildman–Crippen MR) is 94.1 cm³/mol. The minimum Gasteiger partial charge on any atom is -0.464 e. The first-order valence-electron chi connectivity index (χ1n) is 7.88. The minimum atomic E-state index is -0.458. The Morgan fingerprint density at radius 1 is 1.25 bits per heavy atom. The largest absolute Gasteiger partial charge is 0.464 e. The molecule has 128 valence electrons. The van der Waals surface area contributed by atoms with Crippen molar-refractivity contribution in [2.24, 2.45) is 5.92 Å². The van der Waals surface area contributed by atoms with Gasteiger partial charge < -0.3 is 9.64 Å². The van der Waals surface area contributed by atoms with Gasteiger partial charge in [-0.1, -0.05) is 32.0 Å². The highest BCUT2D eigenvalue weighted by Crippen LogP contribution is 2.16. The van der Waals surface area contributed by atoms with E-state index in [1.165, 1.54) is 18.4 Å². The maximum atomic E-state index is 12.8. The van der Waals surface area contributed by atoms with Crippen LogP contribution in [0.3, 0.4) is 0 Å². The van der Waals surface area contributed by atoms with Crippen molar-refractivity contribution in [1.29, 1.82) is 0 Å². The van der Waals surface area contributed by atoms with E-state index in [2.05, 4.69) is 23.6 Å². The Bertz CT molecular complexity index is 683. The van der Waals surface area contributed by atoms with Crippen LogP contribution in [0.1, 0.15) is 46.1 Å². The van der Waals surface area contributed by atoms with E-state index < -0.39 is 5.97 Å². The van der Waals surface area contributed by atoms with Crippen LogP contribution in [0, 0.1) is 5.92 Å². The molecule has 0 aliphatic heterocycles. The quantitative estimate of drug-likeness (QED) is 0.719. The lowest BCUT2D eigenvalue weighted by Gasteiger charge is -2.22. The molecule has 5 nitrogen and oxygen atoms in total. The Hall–Kier alpha value is -2.21. The van der Waals surface area contributed by atoms with E-state index in [0.717, 1.165) is 11.4 Å². The van der Waals surface area contributed by atoms with Crippen molar-refractivity contribution in [3.05, 3.63) is 52.0 Å². The summed E-state index contributed by atoms with van der Waals surface area (Å²) in [5, 5.41) is 2.39. The standard InChI is InChI=1S/C18H22N2O3S/c1-13(2)9-10-20(17(21)14-7-5-4-6-8-14)11-16-19-15(12-24-16)18(22)23-3/h4-8,12-13H,9-11H2,1-3H3. The molecule has 0 N–H and O–H groups in total. The van der Waals surface area contributed by atoms with Crippen molar-refractivity contribution >= 4 is 23.2 Å². The summed E-state index contributed by atoms with van der Waals surface area (Å²) in [7, 11) is 1.33. The van der Waals surface area contributed by atoms with Gasteiger partial charge in [-0.05, 0) is 24.5 Å². The lowest BCUT2D eigenvalue weighted by Crippen LogP contribution is -2.32. The third kappa shape index (κ3) is 4.89. The molecule has 0 aliphatic carbocycles. The number of esters is 1. The van der Waals surface area contributed by atoms with Crippen LogP contribution in [0.25, 0.3) is 0 Å². The Kier molecular flexibility index (Phi) is 6.49. The summed E-state index contributed by atoms with van der Waals surface area (Å²) in [5.41, 5.74) is 0.944. The highest BCUT2D eigenvalue weighted by molar-refractivity contribution is 7.09. The molecule has 0 saturated carbocycles. The molecular formula is C18H22N2O3S. The first-order chi connectivity index (χ1) is 11.5. The number of carbonyl (C=O) groups is 2. The summed E-state index contributed by atoms with van der Waals surface area (Å²) in [6.45, 7) is 5.30. The number of hydrogen-bond donors (Lipinski definition) is 0. The molecule has 1 amide bonds. The zero-order chi connectivity index (χ0) is 17.5. The number of amides is 1. The van der Waals surface area contributed by atoms with Crippen LogP contribution in [-0.2, 0) is 11.3 Å². The molecule has 1 heterocycles. The number of hydrogen-bond acceptors (Lipinski definition) is 5.